The largest absolute Gasteiger partial charge is 0.382 e. The number of carbonyl (C=O) groups excluding carboxylic acids is 1. The van der Waals surface area contributed by atoms with Gasteiger partial charge >= 0.3 is 0 Å². The van der Waals surface area contributed by atoms with Crippen molar-refractivity contribution >= 4 is 5.91 Å². The van der Waals surface area contributed by atoms with E-state index in [0.29, 0.717) is 25.2 Å². The molecule has 1 saturated carbocycles. The number of piperidine rings is 1. The molecule has 2 rings (SSSR count). The van der Waals surface area contributed by atoms with Gasteiger partial charge in [0.15, 0.2) is 0 Å². The molecule has 1 aliphatic heterocycles. The monoisotopic (exact) mass is 270 g/mol. The Bertz CT molecular complexity index is 276. The van der Waals surface area contributed by atoms with Gasteiger partial charge in [-0.15, -0.1) is 0 Å². The molecule has 0 spiro atoms. The predicted octanol–water partition coefficient (Wildman–Crippen LogP) is 0.640. The van der Waals surface area contributed by atoms with Crippen LogP contribution in [0.1, 0.15) is 25.7 Å². The van der Waals surface area contributed by atoms with Crippen molar-refractivity contribution in [3.05, 3.63) is 0 Å². The summed E-state index contributed by atoms with van der Waals surface area (Å²) in [5, 5.41) is 3.41. The Hall–Kier alpha value is -0.650. The van der Waals surface area contributed by atoms with E-state index < -0.39 is 0 Å². The third kappa shape index (κ3) is 5.09. The van der Waals surface area contributed by atoms with Gasteiger partial charge in [-0.3, -0.25) is 4.79 Å². The molecule has 19 heavy (non-hydrogen) atoms. The highest BCUT2D eigenvalue weighted by atomic mass is 16.5. The van der Waals surface area contributed by atoms with Crippen LogP contribution in [0.15, 0.2) is 0 Å². The first-order chi connectivity index (χ1) is 9.31. The predicted molar refractivity (Wildman–Crippen MR) is 73.0 cm³/mol. The molecule has 0 radical (unpaired) electrons. The molecule has 5 heteroatoms. The van der Waals surface area contributed by atoms with E-state index in [4.69, 9.17) is 9.47 Å². The van der Waals surface area contributed by atoms with Crippen LogP contribution in [0.2, 0.25) is 0 Å². The zero-order valence-electron chi connectivity index (χ0n) is 11.9. The molecule has 1 saturated heterocycles. The van der Waals surface area contributed by atoms with Crippen LogP contribution in [0, 0.1) is 5.92 Å². The Labute approximate surface area is 115 Å². The van der Waals surface area contributed by atoms with Crippen LogP contribution in [-0.4, -0.2) is 63.4 Å². The number of hydrogen-bond donors (Lipinski definition) is 1. The lowest BCUT2D eigenvalue weighted by Crippen LogP contribution is -2.43. The fourth-order valence-corrected chi connectivity index (χ4v) is 2.58. The van der Waals surface area contributed by atoms with Gasteiger partial charge < -0.3 is 19.7 Å². The van der Waals surface area contributed by atoms with Crippen LogP contribution in [-0.2, 0) is 14.3 Å². The van der Waals surface area contributed by atoms with Gasteiger partial charge in [0.05, 0.1) is 13.2 Å². The minimum absolute atomic E-state index is 0.143. The summed E-state index contributed by atoms with van der Waals surface area (Å²) >= 11 is 0. The molecule has 0 aromatic heterocycles. The molecule has 1 atom stereocenters. The Morgan fingerprint density at radius 1 is 1.32 bits per heavy atom. The molecule has 1 N–H and O–H groups in total. The first-order valence-corrected chi connectivity index (χ1v) is 7.38. The lowest BCUT2D eigenvalue weighted by Gasteiger charge is -2.30. The Kier molecular flexibility index (Phi) is 6.07. The number of carbonyl (C=O) groups is 1. The number of amides is 1. The third-order valence-corrected chi connectivity index (χ3v) is 3.82. The summed E-state index contributed by atoms with van der Waals surface area (Å²) < 4.78 is 10.3. The fraction of sp³-hybridized carbons (Fsp3) is 0.929. The Morgan fingerprint density at radius 3 is 2.79 bits per heavy atom. The van der Waals surface area contributed by atoms with E-state index in [9.17, 15) is 4.79 Å². The van der Waals surface area contributed by atoms with Gasteiger partial charge in [-0.05, 0) is 44.7 Å². The highest BCUT2D eigenvalue weighted by molar-refractivity contribution is 5.78. The summed E-state index contributed by atoms with van der Waals surface area (Å²) in [6, 6.07) is 0.473. The van der Waals surface area contributed by atoms with Crippen molar-refractivity contribution in [3.8, 4) is 0 Å². The molecular weight excluding hydrogens is 244 g/mol. The smallest absolute Gasteiger partial charge is 0.248 e. The van der Waals surface area contributed by atoms with Crippen molar-refractivity contribution in [2.24, 2.45) is 5.92 Å². The molecule has 110 valence electrons. The molecule has 5 nitrogen and oxygen atoms in total. The number of methoxy groups -OCH3 is 1. The van der Waals surface area contributed by atoms with Crippen molar-refractivity contribution < 1.29 is 14.3 Å². The molecule has 1 heterocycles. The van der Waals surface area contributed by atoms with Gasteiger partial charge in [0, 0.05) is 19.7 Å². The van der Waals surface area contributed by atoms with Crippen molar-refractivity contribution in [3.63, 3.8) is 0 Å². The molecule has 0 aromatic rings. The van der Waals surface area contributed by atoms with Crippen molar-refractivity contribution in [1.29, 1.82) is 0 Å². The zero-order chi connectivity index (χ0) is 13.5. The van der Waals surface area contributed by atoms with E-state index in [1.165, 1.54) is 12.8 Å². The Balaban J connectivity index is 1.73. The molecule has 1 unspecified atom stereocenters. The van der Waals surface area contributed by atoms with Gasteiger partial charge in [0.1, 0.15) is 6.61 Å². The molecule has 1 aliphatic carbocycles. The van der Waals surface area contributed by atoms with E-state index >= 15 is 0 Å². The summed E-state index contributed by atoms with van der Waals surface area (Å²) in [7, 11) is 1.64. The van der Waals surface area contributed by atoms with Crippen LogP contribution >= 0.6 is 0 Å². The van der Waals surface area contributed by atoms with Crippen molar-refractivity contribution in [1.82, 2.24) is 10.2 Å². The van der Waals surface area contributed by atoms with Crippen molar-refractivity contribution in [2.75, 3.05) is 46.6 Å². The fourth-order valence-electron chi connectivity index (χ4n) is 2.58. The average molecular weight is 270 g/mol. The van der Waals surface area contributed by atoms with E-state index in [1.807, 2.05) is 4.90 Å². The van der Waals surface area contributed by atoms with Crippen molar-refractivity contribution in [2.45, 2.75) is 31.7 Å². The van der Waals surface area contributed by atoms with Crippen LogP contribution in [0.5, 0.6) is 0 Å². The summed E-state index contributed by atoms with van der Waals surface area (Å²) in [5.74, 6) is 0.751. The Morgan fingerprint density at radius 2 is 2.16 bits per heavy atom. The van der Waals surface area contributed by atoms with E-state index in [-0.39, 0.29) is 12.5 Å². The average Bonchev–Trinajstić information content (AvgIpc) is 3.26. The lowest BCUT2D eigenvalue weighted by molar-refractivity contribution is -0.137. The number of nitrogens with zero attached hydrogens (tertiary/aromatic N) is 1. The first kappa shape index (κ1) is 14.8. The van der Waals surface area contributed by atoms with Crippen LogP contribution < -0.4 is 5.32 Å². The molecule has 0 aromatic carbocycles. The maximum absolute atomic E-state index is 12.2. The summed E-state index contributed by atoms with van der Waals surface area (Å²) in [5.41, 5.74) is 0. The first-order valence-electron chi connectivity index (χ1n) is 7.38. The van der Waals surface area contributed by atoms with Gasteiger partial charge in [0.2, 0.25) is 5.91 Å². The number of nitrogens with one attached hydrogen (secondary N) is 1. The minimum atomic E-state index is 0.143. The minimum Gasteiger partial charge on any atom is -0.382 e. The molecule has 2 fully saturated rings. The summed E-state index contributed by atoms with van der Waals surface area (Å²) in [6.07, 6.45) is 4.77. The maximum Gasteiger partial charge on any atom is 0.248 e. The number of rotatable bonds is 8. The summed E-state index contributed by atoms with van der Waals surface area (Å²) in [6.45, 7) is 4.29. The van der Waals surface area contributed by atoms with Crippen LogP contribution in [0.3, 0.4) is 0 Å². The van der Waals surface area contributed by atoms with Gasteiger partial charge in [0.25, 0.3) is 0 Å². The SMILES string of the molecule is COCCOCC(=O)N(CC1CCCNC1)C1CC1. The van der Waals surface area contributed by atoms with Gasteiger partial charge in [-0.1, -0.05) is 0 Å². The molecular formula is C14H26N2O3. The molecule has 2 aliphatic rings. The normalized spacial score (nSPS) is 23.3. The number of ether oxygens (including phenoxy) is 2. The zero-order valence-corrected chi connectivity index (χ0v) is 11.9. The highest BCUT2D eigenvalue weighted by Crippen LogP contribution is 2.28. The highest BCUT2D eigenvalue weighted by Gasteiger charge is 2.34. The van der Waals surface area contributed by atoms with Gasteiger partial charge in [-0.25, -0.2) is 0 Å². The lowest BCUT2D eigenvalue weighted by atomic mass is 9.99. The number of hydrogen-bond acceptors (Lipinski definition) is 4. The topological polar surface area (TPSA) is 50.8 Å². The third-order valence-electron chi connectivity index (χ3n) is 3.82. The van der Waals surface area contributed by atoms with E-state index in [1.54, 1.807) is 7.11 Å². The molecule has 0 bridgehead atoms. The van der Waals surface area contributed by atoms with Gasteiger partial charge in [-0.2, -0.15) is 0 Å². The standard InChI is InChI=1S/C14H26N2O3/c1-18-7-8-19-11-14(17)16(13-4-5-13)10-12-3-2-6-15-9-12/h12-13,15H,2-11H2,1H3. The second-order valence-corrected chi connectivity index (χ2v) is 5.54. The second kappa shape index (κ2) is 7.82. The van der Waals surface area contributed by atoms with Crippen LogP contribution in [0.25, 0.3) is 0 Å². The second-order valence-electron chi connectivity index (χ2n) is 5.54. The maximum atomic E-state index is 12.2. The quantitative estimate of drug-likeness (QED) is 0.658. The van der Waals surface area contributed by atoms with E-state index in [2.05, 4.69) is 5.32 Å². The van der Waals surface area contributed by atoms with E-state index in [0.717, 1.165) is 32.5 Å². The van der Waals surface area contributed by atoms with Crippen LogP contribution in [0.4, 0.5) is 0 Å². The summed E-state index contributed by atoms with van der Waals surface area (Å²) in [4.78, 5) is 14.2. The molecule has 1 amide bonds.